The third-order valence-electron chi connectivity index (χ3n) is 5.13. The van der Waals surface area contributed by atoms with E-state index in [0.717, 1.165) is 13.0 Å². The predicted octanol–water partition coefficient (Wildman–Crippen LogP) is 3.25. The van der Waals surface area contributed by atoms with Crippen LogP contribution in [-0.4, -0.2) is 48.3 Å². The molecule has 0 saturated heterocycles. The van der Waals surface area contributed by atoms with Crippen LogP contribution in [0.1, 0.15) is 58.3 Å². The van der Waals surface area contributed by atoms with Crippen LogP contribution in [0.3, 0.4) is 0 Å². The number of likely N-dealkylation sites (N-methyl/N-ethyl adjacent to an activating group) is 1. The first-order valence-corrected chi connectivity index (χ1v) is 8.41. The van der Waals surface area contributed by atoms with E-state index in [0.29, 0.717) is 24.0 Å². The molecule has 0 aromatic rings. The average molecular weight is 281 g/mol. The maximum Gasteiger partial charge on any atom is 0.0735 e. The molecule has 0 aromatic heterocycles. The van der Waals surface area contributed by atoms with Crippen molar-refractivity contribution in [2.75, 3.05) is 20.2 Å². The van der Waals surface area contributed by atoms with Crippen LogP contribution in [0.4, 0.5) is 0 Å². The van der Waals surface area contributed by atoms with Crippen molar-refractivity contribution in [1.29, 1.82) is 0 Å². The Morgan fingerprint density at radius 1 is 1.05 bits per heavy atom. The van der Waals surface area contributed by atoms with Gasteiger partial charge in [-0.1, -0.05) is 26.2 Å². The molecule has 0 radical (unpaired) electrons. The van der Waals surface area contributed by atoms with E-state index in [4.69, 9.17) is 5.11 Å². The third kappa shape index (κ3) is 4.52. The Bertz CT molecular complexity index is 302. The summed E-state index contributed by atoms with van der Waals surface area (Å²) in [5.41, 5.74) is 0. The first-order chi connectivity index (χ1) is 9.70. The minimum atomic E-state index is 0.256. The van der Waals surface area contributed by atoms with Gasteiger partial charge in [-0.3, -0.25) is 0 Å². The van der Waals surface area contributed by atoms with Crippen LogP contribution in [-0.2, 0) is 0 Å². The molecule has 3 unspecified atom stereocenters. The van der Waals surface area contributed by atoms with E-state index < -0.39 is 0 Å². The normalized spacial score (nSPS) is 33.1. The molecule has 2 aliphatic carbocycles. The second kappa shape index (κ2) is 8.08. The molecule has 4 nitrogen and oxygen atoms in total. The maximum atomic E-state index is 9.04. The predicted molar refractivity (Wildman–Crippen MR) is 82.0 cm³/mol. The summed E-state index contributed by atoms with van der Waals surface area (Å²) in [6.07, 6.45) is 10.1. The van der Waals surface area contributed by atoms with Crippen molar-refractivity contribution >= 4 is 0 Å². The summed E-state index contributed by atoms with van der Waals surface area (Å²) in [6, 6.07) is 1.54. The van der Waals surface area contributed by atoms with Crippen molar-refractivity contribution in [1.82, 2.24) is 4.90 Å². The van der Waals surface area contributed by atoms with Crippen molar-refractivity contribution in [3.63, 3.8) is 0 Å². The molecule has 0 aliphatic heterocycles. The molecule has 0 heterocycles. The summed E-state index contributed by atoms with van der Waals surface area (Å²) in [5.74, 6) is 0.613. The van der Waals surface area contributed by atoms with Gasteiger partial charge >= 0.3 is 0 Å². The second-order valence-corrected chi connectivity index (χ2v) is 6.74. The zero-order chi connectivity index (χ0) is 14.4. The second-order valence-electron chi connectivity index (χ2n) is 6.74. The quantitative estimate of drug-likeness (QED) is 0.786. The average Bonchev–Trinajstić information content (AvgIpc) is 2.47. The highest BCUT2D eigenvalue weighted by Gasteiger charge is 2.29. The Morgan fingerprint density at radius 3 is 2.45 bits per heavy atom. The minimum absolute atomic E-state index is 0.256. The van der Waals surface area contributed by atoms with E-state index >= 15 is 0 Å². The lowest BCUT2D eigenvalue weighted by molar-refractivity contribution is 0.124. The molecule has 2 rings (SSSR count). The van der Waals surface area contributed by atoms with Crippen molar-refractivity contribution in [2.24, 2.45) is 16.1 Å². The number of nitrogens with zero attached hydrogens (tertiary/aromatic N) is 3. The van der Waals surface area contributed by atoms with Gasteiger partial charge in [-0.2, -0.15) is 10.2 Å². The standard InChI is InChI=1S/C16H31N3O/c1-13-12-15(19(2)10-11-20)8-9-16(13)18-17-14-6-4-3-5-7-14/h13-16,20H,3-12H2,1-2H3. The van der Waals surface area contributed by atoms with Crippen LogP contribution in [0.2, 0.25) is 0 Å². The molecule has 20 heavy (non-hydrogen) atoms. The molecule has 2 fully saturated rings. The molecule has 116 valence electrons. The third-order valence-corrected chi connectivity index (χ3v) is 5.13. The summed E-state index contributed by atoms with van der Waals surface area (Å²) in [4.78, 5) is 2.30. The molecule has 3 atom stereocenters. The Kier molecular flexibility index (Phi) is 6.43. The molecule has 1 N–H and O–H groups in total. The zero-order valence-electron chi connectivity index (χ0n) is 13.2. The van der Waals surface area contributed by atoms with Crippen molar-refractivity contribution in [2.45, 2.75) is 76.4 Å². The van der Waals surface area contributed by atoms with Crippen LogP contribution < -0.4 is 0 Å². The lowest BCUT2D eigenvalue weighted by atomic mass is 9.82. The van der Waals surface area contributed by atoms with Crippen LogP contribution in [0.5, 0.6) is 0 Å². The summed E-state index contributed by atoms with van der Waals surface area (Å²) in [7, 11) is 2.12. The van der Waals surface area contributed by atoms with Gasteiger partial charge in [-0.15, -0.1) is 0 Å². The number of aliphatic hydroxyl groups is 1. The number of rotatable bonds is 5. The van der Waals surface area contributed by atoms with Crippen LogP contribution in [0.15, 0.2) is 10.2 Å². The summed E-state index contributed by atoms with van der Waals surface area (Å²) in [5, 5.41) is 18.4. The van der Waals surface area contributed by atoms with E-state index in [1.54, 1.807) is 0 Å². The van der Waals surface area contributed by atoms with Gasteiger partial charge < -0.3 is 10.0 Å². The number of hydrogen-bond donors (Lipinski definition) is 1. The Morgan fingerprint density at radius 2 is 1.80 bits per heavy atom. The summed E-state index contributed by atoms with van der Waals surface area (Å²) < 4.78 is 0. The van der Waals surface area contributed by atoms with Gasteiger partial charge in [0.15, 0.2) is 0 Å². The highest BCUT2D eigenvalue weighted by Crippen LogP contribution is 2.30. The van der Waals surface area contributed by atoms with Crippen LogP contribution in [0.25, 0.3) is 0 Å². The van der Waals surface area contributed by atoms with E-state index in [1.807, 2.05) is 0 Å². The van der Waals surface area contributed by atoms with E-state index in [2.05, 4.69) is 29.1 Å². The molecular formula is C16H31N3O. The van der Waals surface area contributed by atoms with Crippen molar-refractivity contribution in [3.05, 3.63) is 0 Å². The zero-order valence-corrected chi connectivity index (χ0v) is 13.2. The van der Waals surface area contributed by atoms with Gasteiger partial charge in [-0.25, -0.2) is 0 Å². The smallest absolute Gasteiger partial charge is 0.0735 e. The molecule has 0 bridgehead atoms. The number of aliphatic hydroxyl groups excluding tert-OH is 1. The molecule has 0 amide bonds. The van der Waals surface area contributed by atoms with Gasteiger partial charge in [0.25, 0.3) is 0 Å². The summed E-state index contributed by atoms with van der Waals surface area (Å²) >= 11 is 0. The largest absolute Gasteiger partial charge is 0.395 e. The maximum absolute atomic E-state index is 9.04. The van der Waals surface area contributed by atoms with Crippen LogP contribution in [0, 0.1) is 5.92 Å². The van der Waals surface area contributed by atoms with Gasteiger partial charge in [0.1, 0.15) is 0 Å². The number of azo groups is 1. The van der Waals surface area contributed by atoms with Crippen LogP contribution >= 0.6 is 0 Å². The monoisotopic (exact) mass is 281 g/mol. The molecule has 0 aromatic carbocycles. The highest BCUT2D eigenvalue weighted by molar-refractivity contribution is 4.86. The Hall–Kier alpha value is -0.480. The molecule has 4 heteroatoms. The van der Waals surface area contributed by atoms with Gasteiger partial charge in [0.05, 0.1) is 18.7 Å². The number of hydrogen-bond acceptors (Lipinski definition) is 4. The highest BCUT2D eigenvalue weighted by atomic mass is 16.3. The van der Waals surface area contributed by atoms with E-state index in [9.17, 15) is 0 Å². The fourth-order valence-electron chi connectivity index (χ4n) is 3.64. The lowest BCUT2D eigenvalue weighted by Gasteiger charge is -2.36. The topological polar surface area (TPSA) is 48.2 Å². The Balaban J connectivity index is 1.78. The van der Waals surface area contributed by atoms with E-state index in [-0.39, 0.29) is 6.61 Å². The molecular weight excluding hydrogens is 250 g/mol. The molecule has 2 saturated carbocycles. The lowest BCUT2D eigenvalue weighted by Crippen LogP contribution is -2.40. The van der Waals surface area contributed by atoms with Crippen molar-refractivity contribution in [3.8, 4) is 0 Å². The fraction of sp³-hybridized carbons (Fsp3) is 1.00. The molecule has 0 spiro atoms. The first-order valence-electron chi connectivity index (χ1n) is 8.41. The van der Waals surface area contributed by atoms with Gasteiger partial charge in [0.2, 0.25) is 0 Å². The SMILES string of the molecule is CC1CC(N(C)CCO)CCC1N=NC1CCCCC1. The van der Waals surface area contributed by atoms with Crippen molar-refractivity contribution < 1.29 is 5.11 Å². The molecule has 2 aliphatic rings. The Labute approximate surface area is 123 Å². The minimum Gasteiger partial charge on any atom is -0.395 e. The van der Waals surface area contributed by atoms with Gasteiger partial charge in [0, 0.05) is 12.6 Å². The first kappa shape index (κ1) is 15.9. The summed E-state index contributed by atoms with van der Waals surface area (Å²) in [6.45, 7) is 3.35. The van der Waals surface area contributed by atoms with Gasteiger partial charge in [-0.05, 0) is 45.1 Å². The van der Waals surface area contributed by atoms with E-state index in [1.165, 1.54) is 44.9 Å². The fourth-order valence-corrected chi connectivity index (χ4v) is 3.64.